The molecule has 2 nitrogen and oxygen atoms in total. The average molecular weight is 372 g/mol. The lowest BCUT2D eigenvalue weighted by Crippen LogP contribution is -2.00. The molecule has 1 aromatic heterocycles. The lowest BCUT2D eigenvalue weighted by Gasteiger charge is -2.07. The highest BCUT2D eigenvalue weighted by Gasteiger charge is 2.10. The van der Waals surface area contributed by atoms with Crippen molar-refractivity contribution >= 4 is 50.8 Å². The third kappa shape index (κ3) is 2.41. The van der Waals surface area contributed by atoms with Crippen molar-refractivity contribution in [3.63, 3.8) is 0 Å². The fourth-order valence-corrected chi connectivity index (χ4v) is 2.91. The summed E-state index contributed by atoms with van der Waals surface area (Å²) in [5.41, 5.74) is 2.47. The molecular formula is C14H9BrClFN2S. The average Bonchev–Trinajstić information content (AvgIpc) is 2.69. The van der Waals surface area contributed by atoms with Gasteiger partial charge in [0.25, 0.3) is 0 Å². The molecule has 0 aliphatic rings. The second-order valence-electron chi connectivity index (χ2n) is 4.39. The Kier molecular flexibility index (Phi) is 3.67. The van der Waals surface area contributed by atoms with Crippen LogP contribution in [0.15, 0.2) is 40.9 Å². The van der Waals surface area contributed by atoms with E-state index in [0.29, 0.717) is 26.3 Å². The van der Waals surface area contributed by atoms with Crippen molar-refractivity contribution in [3.8, 4) is 0 Å². The highest BCUT2D eigenvalue weighted by molar-refractivity contribution is 9.10. The zero-order valence-corrected chi connectivity index (χ0v) is 13.3. The van der Waals surface area contributed by atoms with Gasteiger partial charge in [0.05, 0.1) is 22.1 Å². The van der Waals surface area contributed by atoms with Crippen LogP contribution < -0.4 is 0 Å². The van der Waals surface area contributed by atoms with Gasteiger partial charge in [-0.15, -0.1) is 0 Å². The van der Waals surface area contributed by atoms with Crippen LogP contribution in [0.3, 0.4) is 0 Å². The summed E-state index contributed by atoms with van der Waals surface area (Å²) in [5.74, 6) is -0.321. The molecule has 0 aliphatic heterocycles. The third-order valence-corrected chi connectivity index (χ3v) is 4.40. The summed E-state index contributed by atoms with van der Waals surface area (Å²) in [6, 6.07) is 10.7. The van der Waals surface area contributed by atoms with Crippen LogP contribution in [-0.2, 0) is 6.54 Å². The van der Waals surface area contributed by atoms with Crippen molar-refractivity contribution in [1.82, 2.24) is 9.55 Å². The predicted octanol–water partition coefficient (Wildman–Crippen LogP) is 5.30. The zero-order valence-electron chi connectivity index (χ0n) is 10.2. The summed E-state index contributed by atoms with van der Waals surface area (Å²) in [7, 11) is 0. The third-order valence-electron chi connectivity index (χ3n) is 3.10. The molecule has 102 valence electrons. The SMILES string of the molecule is Fc1cc2[nH]c(=S)n(Cc3ccccc3Cl)c2cc1Br. The van der Waals surface area contributed by atoms with E-state index < -0.39 is 0 Å². The van der Waals surface area contributed by atoms with Crippen LogP contribution in [0.4, 0.5) is 4.39 Å². The van der Waals surface area contributed by atoms with E-state index in [1.54, 1.807) is 6.07 Å². The second-order valence-corrected chi connectivity index (χ2v) is 6.04. The summed E-state index contributed by atoms with van der Waals surface area (Å²) in [5, 5.41) is 0.685. The number of aromatic nitrogens is 2. The van der Waals surface area contributed by atoms with Crippen LogP contribution in [0, 0.1) is 10.6 Å². The van der Waals surface area contributed by atoms with E-state index >= 15 is 0 Å². The summed E-state index contributed by atoms with van der Waals surface area (Å²) in [4.78, 5) is 3.01. The fourth-order valence-electron chi connectivity index (χ4n) is 2.11. The lowest BCUT2D eigenvalue weighted by atomic mass is 10.2. The smallest absolute Gasteiger partial charge is 0.178 e. The van der Waals surface area contributed by atoms with E-state index in [4.69, 9.17) is 23.8 Å². The van der Waals surface area contributed by atoms with E-state index in [1.807, 2.05) is 28.8 Å². The number of fused-ring (bicyclic) bond motifs is 1. The Morgan fingerprint density at radius 1 is 1.30 bits per heavy atom. The van der Waals surface area contributed by atoms with E-state index in [2.05, 4.69) is 20.9 Å². The largest absolute Gasteiger partial charge is 0.330 e. The molecule has 1 N–H and O–H groups in total. The van der Waals surface area contributed by atoms with Gasteiger partial charge in [0.1, 0.15) is 5.82 Å². The maximum atomic E-state index is 13.5. The van der Waals surface area contributed by atoms with Gasteiger partial charge >= 0.3 is 0 Å². The number of hydrogen-bond acceptors (Lipinski definition) is 1. The molecule has 0 amide bonds. The van der Waals surface area contributed by atoms with Crippen LogP contribution in [0.25, 0.3) is 11.0 Å². The van der Waals surface area contributed by atoms with E-state index in [0.717, 1.165) is 11.1 Å². The monoisotopic (exact) mass is 370 g/mol. The lowest BCUT2D eigenvalue weighted by molar-refractivity contribution is 0.622. The van der Waals surface area contributed by atoms with Crippen LogP contribution in [0.1, 0.15) is 5.56 Å². The van der Waals surface area contributed by atoms with Gasteiger partial charge in [-0.3, -0.25) is 0 Å². The van der Waals surface area contributed by atoms with Crippen LogP contribution in [-0.4, -0.2) is 9.55 Å². The summed E-state index contributed by atoms with van der Waals surface area (Å²) in [6.07, 6.45) is 0. The van der Waals surface area contributed by atoms with E-state index in [9.17, 15) is 4.39 Å². The second kappa shape index (κ2) is 5.31. The molecule has 0 aliphatic carbocycles. The topological polar surface area (TPSA) is 20.7 Å². The Hall–Kier alpha value is -1.17. The maximum Gasteiger partial charge on any atom is 0.178 e. The minimum atomic E-state index is -0.321. The van der Waals surface area contributed by atoms with Gasteiger partial charge in [0.2, 0.25) is 0 Å². The molecule has 0 fully saturated rings. The number of imidazole rings is 1. The van der Waals surface area contributed by atoms with Gasteiger partial charge in [-0.25, -0.2) is 4.39 Å². The predicted molar refractivity (Wildman–Crippen MR) is 85.3 cm³/mol. The van der Waals surface area contributed by atoms with E-state index in [1.165, 1.54) is 6.07 Å². The number of H-pyrrole nitrogens is 1. The first-order chi connectivity index (χ1) is 9.56. The van der Waals surface area contributed by atoms with Crippen LogP contribution >= 0.6 is 39.7 Å². The molecule has 0 spiro atoms. The number of halogens is 3. The van der Waals surface area contributed by atoms with Gasteiger partial charge in [0, 0.05) is 11.1 Å². The van der Waals surface area contributed by atoms with Crippen molar-refractivity contribution in [2.75, 3.05) is 0 Å². The van der Waals surface area contributed by atoms with Crippen molar-refractivity contribution in [3.05, 3.63) is 62.0 Å². The first kappa shape index (κ1) is 13.8. The minimum Gasteiger partial charge on any atom is -0.330 e. The van der Waals surface area contributed by atoms with Crippen molar-refractivity contribution in [2.24, 2.45) is 0 Å². The number of nitrogens with one attached hydrogen (secondary N) is 1. The van der Waals surface area contributed by atoms with Gasteiger partial charge < -0.3 is 9.55 Å². The molecular weight excluding hydrogens is 363 g/mol. The highest BCUT2D eigenvalue weighted by atomic mass is 79.9. The molecule has 0 radical (unpaired) electrons. The molecule has 0 saturated carbocycles. The zero-order chi connectivity index (χ0) is 14.3. The number of aromatic amines is 1. The maximum absolute atomic E-state index is 13.5. The summed E-state index contributed by atoms with van der Waals surface area (Å²) < 4.78 is 16.4. The molecule has 1 heterocycles. The van der Waals surface area contributed by atoms with Gasteiger partial charge in [-0.05, 0) is 45.8 Å². The molecule has 20 heavy (non-hydrogen) atoms. The van der Waals surface area contributed by atoms with Crippen LogP contribution in [0.5, 0.6) is 0 Å². The molecule has 0 atom stereocenters. The Labute approximate surface area is 133 Å². The Bertz CT molecular complexity index is 856. The standard InChI is InChI=1S/C14H9BrClFN2S/c15-9-5-13-12(6-11(9)17)18-14(20)19(13)7-8-3-1-2-4-10(8)16/h1-6H,7H2,(H,18,20). The molecule has 0 bridgehead atoms. The molecule has 3 rings (SSSR count). The molecule has 3 aromatic rings. The highest BCUT2D eigenvalue weighted by Crippen LogP contribution is 2.25. The Morgan fingerprint density at radius 2 is 2.05 bits per heavy atom. The van der Waals surface area contributed by atoms with Crippen molar-refractivity contribution in [2.45, 2.75) is 6.54 Å². The first-order valence-electron chi connectivity index (χ1n) is 5.87. The molecule has 0 saturated heterocycles. The molecule has 6 heteroatoms. The number of benzene rings is 2. The first-order valence-corrected chi connectivity index (χ1v) is 7.45. The van der Waals surface area contributed by atoms with E-state index in [-0.39, 0.29) is 5.82 Å². The molecule has 0 unspecified atom stereocenters. The van der Waals surface area contributed by atoms with Gasteiger partial charge in [-0.1, -0.05) is 29.8 Å². The van der Waals surface area contributed by atoms with Crippen LogP contribution in [0.2, 0.25) is 5.02 Å². The Morgan fingerprint density at radius 3 is 2.80 bits per heavy atom. The number of rotatable bonds is 2. The van der Waals surface area contributed by atoms with Gasteiger partial charge in [0.15, 0.2) is 4.77 Å². The quantitative estimate of drug-likeness (QED) is 0.606. The number of nitrogens with zero attached hydrogens (tertiary/aromatic N) is 1. The van der Waals surface area contributed by atoms with Crippen molar-refractivity contribution in [1.29, 1.82) is 0 Å². The summed E-state index contributed by atoms with van der Waals surface area (Å²) >= 11 is 14.7. The molecule has 2 aromatic carbocycles. The normalized spacial score (nSPS) is 11.2. The van der Waals surface area contributed by atoms with Gasteiger partial charge in [-0.2, -0.15) is 0 Å². The summed E-state index contributed by atoms with van der Waals surface area (Å²) in [6.45, 7) is 0.538. The minimum absolute atomic E-state index is 0.321. The fraction of sp³-hybridized carbons (Fsp3) is 0.0714. The van der Waals surface area contributed by atoms with Crippen molar-refractivity contribution < 1.29 is 4.39 Å². The number of hydrogen-bond donors (Lipinski definition) is 1. The Balaban J connectivity index is 2.17.